The fourth-order valence-corrected chi connectivity index (χ4v) is 7.71. The zero-order chi connectivity index (χ0) is 27.1. The number of carbonyl (C=O) groups excluding carboxylic acids is 1. The molecule has 1 fully saturated rings. The molecule has 1 aliphatic carbocycles. The Balaban J connectivity index is 1.26. The van der Waals surface area contributed by atoms with Gasteiger partial charge in [-0.15, -0.1) is 22.7 Å². The number of nitrogens with zero attached hydrogens (tertiary/aromatic N) is 1. The third-order valence-corrected chi connectivity index (χ3v) is 9.76. The summed E-state index contributed by atoms with van der Waals surface area (Å²) in [5.74, 6) is 6.98. The van der Waals surface area contributed by atoms with Gasteiger partial charge in [0.15, 0.2) is 0 Å². The number of methoxy groups -OCH3 is 1. The molecule has 3 heterocycles. The van der Waals surface area contributed by atoms with Crippen molar-refractivity contribution in [2.24, 2.45) is 5.92 Å². The second kappa shape index (κ2) is 10.9. The van der Waals surface area contributed by atoms with Crippen LogP contribution in [0.1, 0.15) is 69.2 Å². The van der Waals surface area contributed by atoms with E-state index < -0.39 is 0 Å². The zero-order valence-corrected chi connectivity index (χ0v) is 24.3. The van der Waals surface area contributed by atoms with Crippen LogP contribution in [0.2, 0.25) is 5.02 Å². The lowest BCUT2D eigenvalue weighted by Gasteiger charge is -2.17. The Morgan fingerprint density at radius 3 is 2.67 bits per heavy atom. The number of carbonyl (C=O) groups is 1. The zero-order valence-electron chi connectivity index (χ0n) is 21.9. The minimum atomic E-state index is -0.216. The van der Waals surface area contributed by atoms with Crippen LogP contribution in [0.15, 0.2) is 59.4 Å². The van der Waals surface area contributed by atoms with E-state index in [0.717, 1.165) is 50.0 Å². The molecular weight excluding hydrogens is 546 g/mol. The van der Waals surface area contributed by atoms with Gasteiger partial charge in [-0.25, -0.2) is 9.78 Å². The van der Waals surface area contributed by atoms with E-state index in [2.05, 4.69) is 48.0 Å². The van der Waals surface area contributed by atoms with Gasteiger partial charge in [0.25, 0.3) is 0 Å². The summed E-state index contributed by atoms with van der Waals surface area (Å²) in [4.78, 5) is 19.1. The van der Waals surface area contributed by atoms with Gasteiger partial charge < -0.3 is 9.47 Å². The maximum Gasteiger partial charge on any atom is 0.348 e. The molecule has 4 aromatic rings. The van der Waals surface area contributed by atoms with Crippen molar-refractivity contribution in [1.82, 2.24) is 4.98 Å². The van der Waals surface area contributed by atoms with Crippen LogP contribution >= 0.6 is 34.3 Å². The van der Waals surface area contributed by atoms with Crippen LogP contribution < -0.4 is 0 Å². The predicted molar refractivity (Wildman–Crippen MR) is 158 cm³/mol. The summed E-state index contributed by atoms with van der Waals surface area (Å²) >= 11 is 9.28. The molecular formula is C32H28ClNO3S2. The van der Waals surface area contributed by atoms with Crippen molar-refractivity contribution in [3.05, 3.63) is 97.3 Å². The smallest absolute Gasteiger partial charge is 0.348 e. The molecule has 0 saturated heterocycles. The summed E-state index contributed by atoms with van der Waals surface area (Å²) in [6.45, 7) is 4.11. The van der Waals surface area contributed by atoms with E-state index in [4.69, 9.17) is 21.1 Å². The number of hydrogen-bond acceptors (Lipinski definition) is 6. The first-order chi connectivity index (χ1) is 18.9. The Morgan fingerprint density at radius 2 is 1.95 bits per heavy atom. The molecule has 5 atom stereocenters. The van der Waals surface area contributed by atoms with Crippen LogP contribution in [-0.4, -0.2) is 30.3 Å². The minimum Gasteiger partial charge on any atom is -0.458 e. The van der Waals surface area contributed by atoms with Crippen molar-refractivity contribution in [3.8, 4) is 22.3 Å². The van der Waals surface area contributed by atoms with E-state index in [1.54, 1.807) is 12.6 Å². The van der Waals surface area contributed by atoms with E-state index >= 15 is 0 Å². The predicted octanol–water partition coefficient (Wildman–Crippen LogP) is 8.08. The molecule has 39 heavy (non-hydrogen) atoms. The Bertz CT molecular complexity index is 1570. The van der Waals surface area contributed by atoms with E-state index in [1.165, 1.54) is 33.8 Å². The maximum atomic E-state index is 13.1. The fourth-order valence-electron chi connectivity index (χ4n) is 5.87. The first kappa shape index (κ1) is 26.3. The van der Waals surface area contributed by atoms with Crippen LogP contribution in [0.5, 0.6) is 0 Å². The number of esters is 1. The lowest BCUT2D eigenvalue weighted by molar-refractivity contribution is 0.0336. The molecule has 7 heteroatoms. The summed E-state index contributed by atoms with van der Waals surface area (Å²) < 4.78 is 11.7. The van der Waals surface area contributed by atoms with Crippen molar-refractivity contribution in [1.29, 1.82) is 0 Å². The third-order valence-electron chi connectivity index (χ3n) is 7.76. The average molecular weight is 574 g/mol. The number of thiophene rings is 1. The number of aryl methyl sites for hydroxylation is 1. The maximum absolute atomic E-state index is 13.1. The number of ether oxygens (including phenoxy) is 2. The molecule has 1 aliphatic heterocycles. The number of cyclic esters (lactones) is 1. The molecule has 0 amide bonds. The first-order valence-electron chi connectivity index (χ1n) is 13.1. The van der Waals surface area contributed by atoms with Crippen LogP contribution in [0.25, 0.3) is 10.4 Å². The molecule has 2 aromatic heterocycles. The highest BCUT2D eigenvalue weighted by molar-refractivity contribution is 7.17. The highest BCUT2D eigenvalue weighted by Crippen LogP contribution is 2.56. The number of rotatable bonds is 5. The summed E-state index contributed by atoms with van der Waals surface area (Å²) in [5.41, 5.74) is 8.17. The number of fused-ring (bicyclic) bond motifs is 1. The number of halogens is 1. The number of hydrogen-bond donors (Lipinski definition) is 0. The Labute approximate surface area is 242 Å². The topological polar surface area (TPSA) is 48.4 Å². The molecule has 0 bridgehead atoms. The molecule has 2 aromatic carbocycles. The molecule has 0 spiro atoms. The summed E-state index contributed by atoms with van der Waals surface area (Å²) in [7, 11) is 1.80. The molecule has 6 rings (SSSR count). The van der Waals surface area contributed by atoms with Crippen LogP contribution in [-0.2, 0) is 9.47 Å². The second-order valence-corrected chi connectivity index (χ2v) is 12.6. The van der Waals surface area contributed by atoms with Crippen LogP contribution in [0, 0.1) is 24.7 Å². The van der Waals surface area contributed by atoms with Crippen molar-refractivity contribution < 1.29 is 14.3 Å². The molecule has 0 radical (unpaired) electrons. The molecule has 2 aliphatic rings. The Morgan fingerprint density at radius 1 is 1.13 bits per heavy atom. The van der Waals surface area contributed by atoms with Gasteiger partial charge in [0.2, 0.25) is 0 Å². The number of aromatic nitrogens is 1. The minimum absolute atomic E-state index is 0.128. The van der Waals surface area contributed by atoms with Gasteiger partial charge in [-0.3, -0.25) is 0 Å². The van der Waals surface area contributed by atoms with Gasteiger partial charge in [-0.2, -0.15) is 0 Å². The van der Waals surface area contributed by atoms with Gasteiger partial charge in [-0.05, 0) is 97.0 Å². The molecule has 0 N–H and O–H groups in total. The van der Waals surface area contributed by atoms with Crippen molar-refractivity contribution in [2.75, 3.05) is 7.11 Å². The van der Waals surface area contributed by atoms with E-state index in [0.29, 0.717) is 11.8 Å². The number of benzene rings is 2. The average Bonchev–Trinajstić information content (AvgIpc) is 3.25. The number of thiazole rings is 1. The molecule has 198 valence electrons. The second-order valence-electron chi connectivity index (χ2n) is 10.4. The lowest BCUT2D eigenvalue weighted by Crippen LogP contribution is -2.13. The quantitative estimate of drug-likeness (QED) is 0.179. The van der Waals surface area contributed by atoms with Crippen LogP contribution in [0.4, 0.5) is 0 Å². The highest BCUT2D eigenvalue weighted by Gasteiger charge is 2.53. The van der Waals surface area contributed by atoms with Gasteiger partial charge >= 0.3 is 5.97 Å². The van der Waals surface area contributed by atoms with E-state index in [9.17, 15) is 4.79 Å². The van der Waals surface area contributed by atoms with Gasteiger partial charge in [0.1, 0.15) is 10.6 Å². The normalized spacial score (nSPS) is 23.8. The monoisotopic (exact) mass is 573 g/mol. The third kappa shape index (κ3) is 5.42. The SMILES string of the molecule is COC1C(CC2CC(C)OC(=O)c3sc(-c4ccc(C#Cc5cscn5)cc4)cc32)C1c1ccc(Cl)cc1C. The summed E-state index contributed by atoms with van der Waals surface area (Å²) in [6.07, 6.45) is 1.79. The Kier molecular flexibility index (Phi) is 7.35. The molecule has 1 saturated carbocycles. The molecule has 4 nitrogen and oxygen atoms in total. The molecule has 5 unspecified atom stereocenters. The van der Waals surface area contributed by atoms with Gasteiger partial charge in [0.05, 0.1) is 17.7 Å². The van der Waals surface area contributed by atoms with Crippen molar-refractivity contribution >= 4 is 40.2 Å². The highest BCUT2D eigenvalue weighted by atomic mass is 35.5. The van der Waals surface area contributed by atoms with Gasteiger partial charge in [0, 0.05) is 33.9 Å². The largest absolute Gasteiger partial charge is 0.458 e. The fraction of sp³-hybridized carbons (Fsp3) is 0.312. The first-order valence-corrected chi connectivity index (χ1v) is 15.2. The standard InChI is InChI=1S/C32H28ClNO3S2/c1-18-12-23(33)9-11-25(18)29-27(30(29)36-3)14-22-13-19(2)37-32(35)31-26(22)15-28(39-31)21-7-4-20(5-8-21)6-10-24-16-38-17-34-24/h4-5,7-9,11-12,15-17,19,22,27,29-30H,13-14H2,1-3H3. The summed E-state index contributed by atoms with van der Waals surface area (Å²) in [6, 6.07) is 16.5. The van der Waals surface area contributed by atoms with Gasteiger partial charge in [-0.1, -0.05) is 35.7 Å². The Hall–Kier alpha value is -2.95. The lowest BCUT2D eigenvalue weighted by atomic mass is 9.88. The summed E-state index contributed by atoms with van der Waals surface area (Å²) in [5, 5.41) is 2.69. The van der Waals surface area contributed by atoms with Crippen molar-refractivity contribution in [3.63, 3.8) is 0 Å². The van der Waals surface area contributed by atoms with E-state index in [-0.39, 0.29) is 24.1 Å². The van der Waals surface area contributed by atoms with Crippen molar-refractivity contribution in [2.45, 2.75) is 50.7 Å². The van der Waals surface area contributed by atoms with E-state index in [1.807, 2.05) is 36.6 Å². The van der Waals surface area contributed by atoms with Crippen LogP contribution in [0.3, 0.4) is 0 Å².